The quantitative estimate of drug-likeness (QED) is 0.625. The molecule has 2 atom stereocenters. The van der Waals surface area contributed by atoms with Gasteiger partial charge in [0.2, 0.25) is 5.91 Å². The lowest BCUT2D eigenvalue weighted by molar-refractivity contribution is -0.129. The third-order valence-electron chi connectivity index (χ3n) is 5.40. The van der Waals surface area contributed by atoms with E-state index < -0.39 is 0 Å². The van der Waals surface area contributed by atoms with Crippen LogP contribution in [0.3, 0.4) is 0 Å². The van der Waals surface area contributed by atoms with E-state index in [1.807, 2.05) is 20.8 Å². The molecular weight excluding hydrogens is 358 g/mol. The van der Waals surface area contributed by atoms with E-state index in [1.165, 1.54) is 0 Å². The van der Waals surface area contributed by atoms with Crippen molar-refractivity contribution in [3.05, 3.63) is 41.4 Å². The Morgan fingerprint density at radius 1 is 1.25 bits per heavy atom. The molecule has 0 aliphatic carbocycles. The van der Waals surface area contributed by atoms with Crippen molar-refractivity contribution in [2.24, 2.45) is 5.92 Å². The summed E-state index contributed by atoms with van der Waals surface area (Å²) in [7, 11) is 0. The molecule has 0 aromatic carbocycles. The average Bonchev–Trinajstić information content (AvgIpc) is 3.35. The summed E-state index contributed by atoms with van der Waals surface area (Å²) in [5, 5.41) is 11.0. The van der Waals surface area contributed by atoms with Crippen molar-refractivity contribution in [1.82, 2.24) is 35.4 Å². The summed E-state index contributed by atoms with van der Waals surface area (Å²) in [6, 6.07) is 1.56. The largest absolute Gasteiger partial charge is 0.348 e. The normalized spacial score (nSPS) is 19.3. The first-order chi connectivity index (χ1) is 13.4. The van der Waals surface area contributed by atoms with Crippen LogP contribution in [0.5, 0.6) is 0 Å². The standard InChI is InChI=1S/C19H23N7O2/c1-10-7-26(18(27)5-14-12(3)21-9-22-14)8-17(10)23-19(28)16-4-15-13(6-20-16)11(2)24-25-15/h4,6,9-10,17H,5,7-8H2,1-3H3,(H,21,22)(H,23,28)(H,24,25)/t10-,17-/m1/s1. The Bertz CT molecular complexity index is 1040. The summed E-state index contributed by atoms with van der Waals surface area (Å²) < 4.78 is 0. The number of nitrogens with one attached hydrogen (secondary N) is 3. The molecule has 0 radical (unpaired) electrons. The molecule has 2 amide bonds. The molecule has 1 fully saturated rings. The second-order valence-corrected chi connectivity index (χ2v) is 7.44. The number of carbonyl (C=O) groups is 2. The van der Waals surface area contributed by atoms with Gasteiger partial charge in [-0.1, -0.05) is 6.92 Å². The first-order valence-corrected chi connectivity index (χ1v) is 9.30. The number of likely N-dealkylation sites (tertiary alicyclic amines) is 1. The fourth-order valence-corrected chi connectivity index (χ4v) is 3.58. The number of pyridine rings is 1. The van der Waals surface area contributed by atoms with Crippen molar-refractivity contribution in [2.75, 3.05) is 13.1 Å². The second kappa shape index (κ2) is 7.06. The van der Waals surface area contributed by atoms with Gasteiger partial charge in [-0.3, -0.25) is 19.7 Å². The molecule has 0 unspecified atom stereocenters. The first kappa shape index (κ1) is 18.1. The molecule has 4 heterocycles. The van der Waals surface area contributed by atoms with E-state index in [2.05, 4.69) is 30.5 Å². The zero-order chi connectivity index (χ0) is 19.8. The molecule has 3 N–H and O–H groups in total. The molecule has 9 heteroatoms. The van der Waals surface area contributed by atoms with Gasteiger partial charge in [0.15, 0.2) is 0 Å². The Balaban J connectivity index is 1.40. The van der Waals surface area contributed by atoms with Gasteiger partial charge in [-0.05, 0) is 25.8 Å². The van der Waals surface area contributed by atoms with Gasteiger partial charge in [0, 0.05) is 36.1 Å². The van der Waals surface area contributed by atoms with Crippen molar-refractivity contribution in [1.29, 1.82) is 0 Å². The number of carbonyl (C=O) groups excluding carboxylic acids is 2. The van der Waals surface area contributed by atoms with Crippen LogP contribution in [0.1, 0.15) is 34.5 Å². The number of hydrogen-bond donors (Lipinski definition) is 3. The van der Waals surface area contributed by atoms with Crippen LogP contribution in [0.4, 0.5) is 0 Å². The molecule has 146 valence electrons. The van der Waals surface area contributed by atoms with Crippen LogP contribution in [0, 0.1) is 19.8 Å². The van der Waals surface area contributed by atoms with Crippen molar-refractivity contribution >= 4 is 22.7 Å². The zero-order valence-corrected chi connectivity index (χ0v) is 16.1. The molecule has 0 saturated carbocycles. The van der Waals surface area contributed by atoms with Crippen LogP contribution < -0.4 is 5.32 Å². The van der Waals surface area contributed by atoms with Gasteiger partial charge in [-0.15, -0.1) is 0 Å². The second-order valence-electron chi connectivity index (χ2n) is 7.44. The van der Waals surface area contributed by atoms with Gasteiger partial charge in [-0.2, -0.15) is 5.10 Å². The minimum absolute atomic E-state index is 0.0188. The highest BCUT2D eigenvalue weighted by molar-refractivity contribution is 5.96. The van der Waals surface area contributed by atoms with Gasteiger partial charge in [0.1, 0.15) is 5.69 Å². The van der Waals surface area contributed by atoms with Crippen molar-refractivity contribution < 1.29 is 9.59 Å². The monoisotopic (exact) mass is 381 g/mol. The number of rotatable bonds is 4. The number of H-pyrrole nitrogens is 2. The first-order valence-electron chi connectivity index (χ1n) is 9.30. The maximum absolute atomic E-state index is 12.6. The van der Waals surface area contributed by atoms with Crippen LogP contribution in [0.2, 0.25) is 0 Å². The molecule has 28 heavy (non-hydrogen) atoms. The maximum Gasteiger partial charge on any atom is 0.270 e. The highest BCUT2D eigenvalue weighted by Crippen LogP contribution is 2.19. The van der Waals surface area contributed by atoms with E-state index in [-0.39, 0.29) is 30.2 Å². The topological polar surface area (TPSA) is 120 Å². The molecular formula is C19H23N7O2. The van der Waals surface area contributed by atoms with E-state index in [0.717, 1.165) is 22.5 Å². The minimum Gasteiger partial charge on any atom is -0.348 e. The highest BCUT2D eigenvalue weighted by Gasteiger charge is 2.34. The summed E-state index contributed by atoms with van der Waals surface area (Å²) in [4.78, 5) is 38.5. The molecule has 0 spiro atoms. The lowest BCUT2D eigenvalue weighted by atomic mass is 10.1. The lowest BCUT2D eigenvalue weighted by Gasteiger charge is -2.17. The number of nitrogens with zero attached hydrogens (tertiary/aromatic N) is 4. The summed E-state index contributed by atoms with van der Waals surface area (Å²) in [5.74, 6) is -0.0771. The maximum atomic E-state index is 12.6. The summed E-state index contributed by atoms with van der Waals surface area (Å²) >= 11 is 0. The molecule has 1 aliphatic rings. The fourth-order valence-electron chi connectivity index (χ4n) is 3.58. The van der Waals surface area contributed by atoms with Crippen LogP contribution in [-0.4, -0.2) is 61.0 Å². The summed E-state index contributed by atoms with van der Waals surface area (Å²) in [5.41, 5.74) is 3.61. The number of fused-ring (bicyclic) bond motifs is 1. The molecule has 0 bridgehead atoms. The Morgan fingerprint density at radius 2 is 2.07 bits per heavy atom. The van der Waals surface area contributed by atoms with E-state index in [1.54, 1.807) is 23.5 Å². The number of aromatic amines is 2. The Labute approximate surface area is 161 Å². The fraction of sp³-hybridized carbons (Fsp3) is 0.421. The van der Waals surface area contributed by atoms with Gasteiger partial charge >= 0.3 is 0 Å². The lowest BCUT2D eigenvalue weighted by Crippen LogP contribution is -2.41. The van der Waals surface area contributed by atoms with E-state index in [0.29, 0.717) is 24.3 Å². The smallest absolute Gasteiger partial charge is 0.270 e. The van der Waals surface area contributed by atoms with Gasteiger partial charge in [0.05, 0.1) is 30.0 Å². The van der Waals surface area contributed by atoms with Crippen LogP contribution in [0.25, 0.3) is 10.9 Å². The van der Waals surface area contributed by atoms with E-state index in [9.17, 15) is 9.59 Å². The van der Waals surface area contributed by atoms with E-state index in [4.69, 9.17) is 0 Å². The minimum atomic E-state index is -0.253. The third-order valence-corrected chi connectivity index (χ3v) is 5.40. The predicted octanol–water partition coefficient (Wildman–Crippen LogP) is 1.12. The SMILES string of the molecule is Cc1[nH]cnc1CC(=O)N1C[C@@H](C)[C@H](NC(=O)c2cc3n[nH]c(C)c3cn2)C1. The summed E-state index contributed by atoms with van der Waals surface area (Å²) in [6.07, 6.45) is 3.51. The number of hydrogen-bond acceptors (Lipinski definition) is 5. The number of amides is 2. The Kier molecular flexibility index (Phi) is 4.58. The average molecular weight is 381 g/mol. The van der Waals surface area contributed by atoms with Gasteiger partial charge < -0.3 is 15.2 Å². The van der Waals surface area contributed by atoms with E-state index >= 15 is 0 Å². The molecule has 1 aliphatic heterocycles. The van der Waals surface area contributed by atoms with Crippen LogP contribution in [0.15, 0.2) is 18.6 Å². The molecule has 9 nitrogen and oxygen atoms in total. The molecule has 3 aromatic heterocycles. The number of aryl methyl sites for hydroxylation is 2. The highest BCUT2D eigenvalue weighted by atomic mass is 16.2. The Morgan fingerprint density at radius 3 is 2.82 bits per heavy atom. The van der Waals surface area contributed by atoms with Gasteiger partial charge in [-0.25, -0.2) is 4.98 Å². The zero-order valence-electron chi connectivity index (χ0n) is 16.1. The van der Waals surface area contributed by atoms with Crippen molar-refractivity contribution in [2.45, 2.75) is 33.2 Å². The number of imidazole rings is 1. The van der Waals surface area contributed by atoms with Gasteiger partial charge in [0.25, 0.3) is 5.91 Å². The Hall–Kier alpha value is -3.23. The molecule has 3 aromatic rings. The molecule has 1 saturated heterocycles. The van der Waals surface area contributed by atoms with Crippen molar-refractivity contribution in [3.63, 3.8) is 0 Å². The summed E-state index contributed by atoms with van der Waals surface area (Å²) in [6.45, 7) is 6.94. The van der Waals surface area contributed by atoms with Crippen LogP contribution >= 0.6 is 0 Å². The third kappa shape index (κ3) is 3.35. The molecule has 4 rings (SSSR count). The predicted molar refractivity (Wildman–Crippen MR) is 103 cm³/mol. The number of aromatic nitrogens is 5. The van der Waals surface area contributed by atoms with Crippen LogP contribution in [-0.2, 0) is 11.2 Å². The van der Waals surface area contributed by atoms with Crippen molar-refractivity contribution in [3.8, 4) is 0 Å².